The molecule has 1 aliphatic rings. The molecular weight excluding hydrogens is 246 g/mol. The molecule has 0 bridgehead atoms. The topological polar surface area (TPSA) is 30.5 Å². The predicted molar refractivity (Wildman–Crippen MR) is 78.1 cm³/mol. The fraction of sp³-hybridized carbons (Fsp3) is 0.571. The first-order valence-electron chi connectivity index (χ1n) is 6.48. The standard InChI is InChI=1S/C14H21NO2S/c1-3-17-14-10-12(4-5-13(14)16-2)15-11-6-8-18-9-7-11/h4-5,10-11,15H,3,6-9H2,1-2H3. The summed E-state index contributed by atoms with van der Waals surface area (Å²) < 4.78 is 10.9. The molecule has 1 aliphatic heterocycles. The largest absolute Gasteiger partial charge is 0.493 e. The summed E-state index contributed by atoms with van der Waals surface area (Å²) in [5.41, 5.74) is 1.12. The molecule has 0 spiro atoms. The van der Waals surface area contributed by atoms with Crippen molar-refractivity contribution in [3.63, 3.8) is 0 Å². The third-order valence-corrected chi connectivity index (χ3v) is 4.10. The monoisotopic (exact) mass is 267 g/mol. The van der Waals surface area contributed by atoms with E-state index in [1.807, 2.05) is 30.8 Å². The highest BCUT2D eigenvalue weighted by atomic mass is 32.2. The van der Waals surface area contributed by atoms with Gasteiger partial charge in [-0.2, -0.15) is 11.8 Å². The van der Waals surface area contributed by atoms with E-state index in [9.17, 15) is 0 Å². The van der Waals surface area contributed by atoms with Gasteiger partial charge in [0.15, 0.2) is 11.5 Å². The lowest BCUT2D eigenvalue weighted by Crippen LogP contribution is -2.24. The number of methoxy groups -OCH3 is 1. The highest BCUT2D eigenvalue weighted by molar-refractivity contribution is 7.99. The summed E-state index contributed by atoms with van der Waals surface area (Å²) in [5, 5.41) is 3.58. The Morgan fingerprint density at radius 2 is 2.06 bits per heavy atom. The Morgan fingerprint density at radius 1 is 1.28 bits per heavy atom. The number of rotatable bonds is 5. The molecule has 0 aromatic heterocycles. The van der Waals surface area contributed by atoms with Crippen molar-refractivity contribution in [3.05, 3.63) is 18.2 Å². The van der Waals surface area contributed by atoms with Crippen molar-refractivity contribution in [3.8, 4) is 11.5 Å². The van der Waals surface area contributed by atoms with Gasteiger partial charge < -0.3 is 14.8 Å². The van der Waals surface area contributed by atoms with Crippen LogP contribution in [0.5, 0.6) is 11.5 Å². The number of hydrogen-bond donors (Lipinski definition) is 1. The first-order chi connectivity index (χ1) is 8.83. The van der Waals surface area contributed by atoms with Gasteiger partial charge in [0.05, 0.1) is 13.7 Å². The summed E-state index contributed by atoms with van der Waals surface area (Å²) in [6.45, 7) is 2.64. The first-order valence-corrected chi connectivity index (χ1v) is 7.64. The van der Waals surface area contributed by atoms with Crippen LogP contribution in [0, 0.1) is 0 Å². The Bertz CT molecular complexity index is 378. The van der Waals surface area contributed by atoms with Crippen molar-refractivity contribution in [1.29, 1.82) is 0 Å². The van der Waals surface area contributed by atoms with Gasteiger partial charge in [-0.1, -0.05) is 0 Å². The molecule has 1 aromatic rings. The molecule has 1 fully saturated rings. The quantitative estimate of drug-likeness (QED) is 0.885. The molecule has 100 valence electrons. The summed E-state index contributed by atoms with van der Waals surface area (Å²) in [6.07, 6.45) is 2.47. The molecule has 1 heterocycles. The van der Waals surface area contributed by atoms with Crippen molar-refractivity contribution in [1.82, 2.24) is 0 Å². The Hall–Kier alpha value is -1.03. The average Bonchev–Trinajstić information content (AvgIpc) is 2.41. The zero-order valence-corrected chi connectivity index (χ0v) is 11.9. The number of nitrogens with one attached hydrogen (secondary N) is 1. The SMILES string of the molecule is CCOc1cc(NC2CCSCC2)ccc1OC. The highest BCUT2D eigenvalue weighted by Gasteiger charge is 2.14. The van der Waals surface area contributed by atoms with Crippen molar-refractivity contribution in [2.24, 2.45) is 0 Å². The van der Waals surface area contributed by atoms with Crippen LogP contribution in [0.2, 0.25) is 0 Å². The zero-order valence-electron chi connectivity index (χ0n) is 11.1. The fourth-order valence-electron chi connectivity index (χ4n) is 2.11. The van der Waals surface area contributed by atoms with E-state index < -0.39 is 0 Å². The zero-order chi connectivity index (χ0) is 12.8. The van der Waals surface area contributed by atoms with Gasteiger partial charge in [0, 0.05) is 17.8 Å². The second kappa shape index (κ2) is 6.78. The maximum absolute atomic E-state index is 5.59. The molecule has 0 aliphatic carbocycles. The van der Waals surface area contributed by atoms with Gasteiger partial charge in [-0.3, -0.25) is 0 Å². The molecule has 1 N–H and O–H groups in total. The van der Waals surface area contributed by atoms with E-state index in [1.54, 1.807) is 7.11 Å². The number of thioether (sulfide) groups is 1. The smallest absolute Gasteiger partial charge is 0.163 e. The molecule has 0 radical (unpaired) electrons. The maximum atomic E-state index is 5.59. The van der Waals surface area contributed by atoms with Crippen LogP contribution >= 0.6 is 11.8 Å². The Morgan fingerprint density at radius 3 is 2.72 bits per heavy atom. The van der Waals surface area contributed by atoms with E-state index in [0.29, 0.717) is 12.6 Å². The summed E-state index contributed by atoms with van der Waals surface area (Å²) in [6, 6.07) is 6.65. The van der Waals surface area contributed by atoms with Crippen molar-refractivity contribution >= 4 is 17.4 Å². The van der Waals surface area contributed by atoms with Gasteiger partial charge in [0.2, 0.25) is 0 Å². The number of anilines is 1. The Kier molecular flexibility index (Phi) is 5.05. The van der Waals surface area contributed by atoms with Crippen LogP contribution in [0.25, 0.3) is 0 Å². The Balaban J connectivity index is 2.05. The average molecular weight is 267 g/mol. The summed E-state index contributed by atoms with van der Waals surface area (Å²) >= 11 is 2.04. The van der Waals surface area contributed by atoms with Gasteiger partial charge in [-0.05, 0) is 43.4 Å². The first kappa shape index (κ1) is 13.4. The molecule has 4 heteroatoms. The van der Waals surface area contributed by atoms with Crippen LogP contribution in [0.3, 0.4) is 0 Å². The molecular formula is C14H21NO2S. The minimum absolute atomic E-state index is 0.592. The summed E-state index contributed by atoms with van der Waals surface area (Å²) in [7, 11) is 1.67. The van der Waals surface area contributed by atoms with Crippen LogP contribution in [0.4, 0.5) is 5.69 Å². The van der Waals surface area contributed by atoms with Crippen molar-refractivity contribution in [2.45, 2.75) is 25.8 Å². The lowest BCUT2D eigenvalue weighted by atomic mass is 10.1. The van der Waals surface area contributed by atoms with Gasteiger partial charge in [-0.25, -0.2) is 0 Å². The second-order valence-corrected chi connectivity index (χ2v) is 5.55. The van der Waals surface area contributed by atoms with Crippen LogP contribution in [-0.2, 0) is 0 Å². The van der Waals surface area contributed by atoms with Gasteiger partial charge in [-0.15, -0.1) is 0 Å². The third-order valence-electron chi connectivity index (χ3n) is 3.06. The van der Waals surface area contributed by atoms with Crippen molar-refractivity contribution in [2.75, 3.05) is 30.5 Å². The number of benzene rings is 1. The lowest BCUT2D eigenvalue weighted by Gasteiger charge is -2.24. The van der Waals surface area contributed by atoms with E-state index in [1.165, 1.54) is 24.3 Å². The van der Waals surface area contributed by atoms with Crippen LogP contribution in [0.1, 0.15) is 19.8 Å². The molecule has 0 amide bonds. The molecule has 1 saturated heterocycles. The summed E-state index contributed by atoms with van der Waals surface area (Å²) in [4.78, 5) is 0. The molecule has 0 saturated carbocycles. The second-order valence-electron chi connectivity index (χ2n) is 4.33. The molecule has 1 aromatic carbocycles. The predicted octanol–water partition coefficient (Wildman–Crippen LogP) is 3.40. The van der Waals surface area contributed by atoms with Crippen LogP contribution in [-0.4, -0.2) is 31.3 Å². The molecule has 18 heavy (non-hydrogen) atoms. The minimum atomic E-state index is 0.592. The van der Waals surface area contributed by atoms with E-state index in [0.717, 1.165) is 17.2 Å². The van der Waals surface area contributed by atoms with Gasteiger partial charge in [0.25, 0.3) is 0 Å². The van der Waals surface area contributed by atoms with E-state index >= 15 is 0 Å². The third kappa shape index (κ3) is 3.48. The maximum Gasteiger partial charge on any atom is 0.163 e. The lowest BCUT2D eigenvalue weighted by molar-refractivity contribution is 0.311. The van der Waals surface area contributed by atoms with Gasteiger partial charge >= 0.3 is 0 Å². The van der Waals surface area contributed by atoms with E-state index in [2.05, 4.69) is 11.4 Å². The molecule has 3 nitrogen and oxygen atoms in total. The van der Waals surface area contributed by atoms with Crippen LogP contribution in [0.15, 0.2) is 18.2 Å². The van der Waals surface area contributed by atoms with Gasteiger partial charge in [0.1, 0.15) is 0 Å². The normalized spacial score (nSPS) is 16.3. The molecule has 0 unspecified atom stereocenters. The number of hydrogen-bond acceptors (Lipinski definition) is 4. The summed E-state index contributed by atoms with van der Waals surface area (Å²) in [5.74, 6) is 4.12. The highest BCUT2D eigenvalue weighted by Crippen LogP contribution is 2.31. The molecule has 0 atom stereocenters. The fourth-order valence-corrected chi connectivity index (χ4v) is 3.22. The molecule has 2 rings (SSSR count). The Labute approximate surface area is 113 Å². The minimum Gasteiger partial charge on any atom is -0.493 e. The van der Waals surface area contributed by atoms with E-state index in [4.69, 9.17) is 9.47 Å². The van der Waals surface area contributed by atoms with Crippen molar-refractivity contribution < 1.29 is 9.47 Å². The van der Waals surface area contributed by atoms with Crippen LogP contribution < -0.4 is 14.8 Å². The van der Waals surface area contributed by atoms with E-state index in [-0.39, 0.29) is 0 Å². The number of ether oxygens (including phenoxy) is 2.